The third-order valence-corrected chi connectivity index (χ3v) is 3.67. The highest BCUT2D eigenvalue weighted by molar-refractivity contribution is 7.98. The van der Waals surface area contributed by atoms with Crippen LogP contribution in [0, 0.1) is 0 Å². The van der Waals surface area contributed by atoms with Crippen LogP contribution in [-0.4, -0.2) is 29.3 Å². The molecule has 0 aliphatic rings. The second-order valence-electron chi connectivity index (χ2n) is 4.14. The molecule has 0 aliphatic heterocycles. The summed E-state index contributed by atoms with van der Waals surface area (Å²) in [7, 11) is 0. The van der Waals surface area contributed by atoms with Crippen LogP contribution in [0.4, 0.5) is 11.4 Å². The molecule has 1 rings (SSSR count). The molecule has 0 saturated heterocycles. The van der Waals surface area contributed by atoms with Gasteiger partial charge in [-0.15, -0.1) is 0 Å². The van der Waals surface area contributed by atoms with Gasteiger partial charge >= 0.3 is 0 Å². The number of nitrogen functional groups attached to an aromatic ring is 1. The van der Waals surface area contributed by atoms with Gasteiger partial charge in [-0.2, -0.15) is 11.8 Å². The van der Waals surface area contributed by atoms with E-state index in [1.54, 1.807) is 30.8 Å². The zero-order valence-corrected chi connectivity index (χ0v) is 12.1. The molecule has 1 aromatic carbocycles. The average molecular weight is 295 g/mol. The second kappa shape index (κ2) is 6.05. The highest BCUT2D eigenvalue weighted by atomic mass is 35.5. The third kappa shape index (κ3) is 4.47. The SMILES string of the molecule is CSCC(C)(O)CNc1c(Cl)cc(N)cc1Cl. The van der Waals surface area contributed by atoms with Gasteiger partial charge in [-0.1, -0.05) is 23.2 Å². The van der Waals surface area contributed by atoms with Crippen LogP contribution in [0.25, 0.3) is 0 Å². The van der Waals surface area contributed by atoms with Gasteiger partial charge in [0.1, 0.15) is 0 Å². The van der Waals surface area contributed by atoms with E-state index in [4.69, 9.17) is 28.9 Å². The molecule has 96 valence electrons. The fourth-order valence-corrected chi connectivity index (χ4v) is 2.76. The first-order valence-corrected chi connectivity index (χ1v) is 7.20. The Kier molecular flexibility index (Phi) is 5.25. The molecule has 0 heterocycles. The minimum atomic E-state index is -0.812. The highest BCUT2D eigenvalue weighted by Crippen LogP contribution is 2.33. The summed E-state index contributed by atoms with van der Waals surface area (Å²) in [4.78, 5) is 0. The van der Waals surface area contributed by atoms with E-state index in [0.717, 1.165) is 0 Å². The van der Waals surface area contributed by atoms with Crippen molar-refractivity contribution in [3.8, 4) is 0 Å². The number of nitrogens with one attached hydrogen (secondary N) is 1. The number of hydrogen-bond acceptors (Lipinski definition) is 4. The van der Waals surface area contributed by atoms with Gasteiger partial charge in [0.25, 0.3) is 0 Å². The van der Waals surface area contributed by atoms with Crippen LogP contribution in [0.15, 0.2) is 12.1 Å². The largest absolute Gasteiger partial charge is 0.399 e. The molecule has 1 aromatic rings. The lowest BCUT2D eigenvalue weighted by atomic mass is 10.1. The quantitative estimate of drug-likeness (QED) is 0.731. The van der Waals surface area contributed by atoms with E-state index < -0.39 is 5.60 Å². The second-order valence-corrected chi connectivity index (χ2v) is 5.82. The van der Waals surface area contributed by atoms with Crippen molar-refractivity contribution in [3.63, 3.8) is 0 Å². The van der Waals surface area contributed by atoms with Crippen molar-refractivity contribution in [1.82, 2.24) is 0 Å². The summed E-state index contributed by atoms with van der Waals surface area (Å²) in [5.74, 6) is 0.629. The van der Waals surface area contributed by atoms with Crippen molar-refractivity contribution in [1.29, 1.82) is 0 Å². The number of aliphatic hydroxyl groups is 1. The number of hydrogen-bond donors (Lipinski definition) is 3. The zero-order valence-electron chi connectivity index (χ0n) is 9.76. The summed E-state index contributed by atoms with van der Waals surface area (Å²) in [6.45, 7) is 2.13. The van der Waals surface area contributed by atoms with Gasteiger partial charge in [-0.3, -0.25) is 0 Å². The number of nitrogens with two attached hydrogens (primary N) is 1. The average Bonchev–Trinajstić information content (AvgIpc) is 2.15. The normalized spacial score (nSPS) is 14.4. The van der Waals surface area contributed by atoms with Crippen LogP contribution in [0.2, 0.25) is 10.0 Å². The van der Waals surface area contributed by atoms with E-state index in [2.05, 4.69) is 5.32 Å². The van der Waals surface area contributed by atoms with Gasteiger partial charge in [0.2, 0.25) is 0 Å². The number of thioether (sulfide) groups is 1. The molecule has 17 heavy (non-hydrogen) atoms. The standard InChI is InChI=1S/C11H16Cl2N2OS/c1-11(16,6-17-2)5-15-10-8(12)3-7(14)4-9(10)13/h3-4,15-16H,5-6,14H2,1-2H3. The van der Waals surface area contributed by atoms with Crippen LogP contribution in [-0.2, 0) is 0 Å². The van der Waals surface area contributed by atoms with Gasteiger partial charge in [-0.25, -0.2) is 0 Å². The molecule has 1 unspecified atom stereocenters. The van der Waals surface area contributed by atoms with Crippen molar-refractivity contribution in [2.45, 2.75) is 12.5 Å². The molecule has 0 spiro atoms. The molecule has 4 N–H and O–H groups in total. The van der Waals surface area contributed by atoms with Crippen LogP contribution in [0.5, 0.6) is 0 Å². The number of halogens is 2. The number of rotatable bonds is 5. The Morgan fingerprint density at radius 1 is 1.41 bits per heavy atom. The Labute approximate surface area is 116 Å². The Balaban J connectivity index is 2.76. The van der Waals surface area contributed by atoms with Crippen molar-refractivity contribution in [3.05, 3.63) is 22.2 Å². The summed E-state index contributed by atoms with van der Waals surface area (Å²) < 4.78 is 0. The molecule has 0 bridgehead atoms. The van der Waals surface area contributed by atoms with Crippen LogP contribution < -0.4 is 11.1 Å². The highest BCUT2D eigenvalue weighted by Gasteiger charge is 2.20. The van der Waals surface area contributed by atoms with E-state index >= 15 is 0 Å². The monoisotopic (exact) mass is 294 g/mol. The molecule has 3 nitrogen and oxygen atoms in total. The lowest BCUT2D eigenvalue weighted by molar-refractivity contribution is 0.0997. The van der Waals surface area contributed by atoms with E-state index in [0.29, 0.717) is 33.7 Å². The topological polar surface area (TPSA) is 58.3 Å². The smallest absolute Gasteiger partial charge is 0.0881 e. The molecular formula is C11H16Cl2N2OS. The van der Waals surface area contributed by atoms with E-state index in [-0.39, 0.29) is 0 Å². The summed E-state index contributed by atoms with van der Waals surface area (Å²) >= 11 is 13.6. The lowest BCUT2D eigenvalue weighted by Crippen LogP contribution is -2.36. The van der Waals surface area contributed by atoms with Crippen molar-refractivity contribution >= 4 is 46.3 Å². The predicted molar refractivity (Wildman–Crippen MR) is 78.4 cm³/mol. The van der Waals surface area contributed by atoms with Crippen LogP contribution in [0.1, 0.15) is 6.92 Å². The fraction of sp³-hybridized carbons (Fsp3) is 0.455. The van der Waals surface area contributed by atoms with Crippen molar-refractivity contribution in [2.75, 3.05) is 29.6 Å². The van der Waals surface area contributed by atoms with Crippen LogP contribution >= 0.6 is 35.0 Å². The zero-order chi connectivity index (χ0) is 13.1. The predicted octanol–water partition coefficient (Wildman–Crippen LogP) is 3.10. The maximum atomic E-state index is 10.0. The fourth-order valence-electron chi connectivity index (χ4n) is 1.40. The minimum Gasteiger partial charge on any atom is -0.399 e. The van der Waals surface area contributed by atoms with Gasteiger partial charge in [0.05, 0.1) is 21.3 Å². The van der Waals surface area contributed by atoms with Gasteiger partial charge in [0, 0.05) is 18.0 Å². The Morgan fingerprint density at radius 3 is 2.41 bits per heavy atom. The first-order chi connectivity index (χ1) is 7.85. The number of anilines is 2. The number of benzene rings is 1. The minimum absolute atomic E-state index is 0.372. The molecule has 0 amide bonds. The van der Waals surface area contributed by atoms with Crippen molar-refractivity contribution < 1.29 is 5.11 Å². The Bertz CT molecular complexity index is 376. The first-order valence-electron chi connectivity index (χ1n) is 5.05. The first kappa shape index (κ1) is 14.8. The molecule has 0 aromatic heterocycles. The molecule has 0 fully saturated rings. The third-order valence-electron chi connectivity index (χ3n) is 2.17. The van der Waals surface area contributed by atoms with Gasteiger partial charge in [0.15, 0.2) is 0 Å². The molecule has 0 radical (unpaired) electrons. The Morgan fingerprint density at radius 2 is 1.94 bits per heavy atom. The summed E-state index contributed by atoms with van der Waals surface area (Å²) in [5, 5.41) is 14.0. The molecular weight excluding hydrogens is 279 g/mol. The summed E-state index contributed by atoms with van der Waals surface area (Å²) in [6, 6.07) is 3.25. The van der Waals surface area contributed by atoms with E-state index in [1.165, 1.54) is 0 Å². The molecule has 1 atom stereocenters. The van der Waals surface area contributed by atoms with Gasteiger partial charge in [-0.05, 0) is 25.3 Å². The summed E-state index contributed by atoms with van der Waals surface area (Å²) in [6.07, 6.45) is 1.94. The summed E-state index contributed by atoms with van der Waals surface area (Å²) in [5.41, 5.74) is 5.91. The van der Waals surface area contributed by atoms with Gasteiger partial charge < -0.3 is 16.2 Å². The van der Waals surface area contributed by atoms with E-state index in [1.807, 2.05) is 6.26 Å². The molecule has 6 heteroatoms. The van der Waals surface area contributed by atoms with Crippen LogP contribution in [0.3, 0.4) is 0 Å². The lowest BCUT2D eigenvalue weighted by Gasteiger charge is -2.24. The molecule has 0 saturated carbocycles. The molecule has 0 aliphatic carbocycles. The Hall–Kier alpha value is -0.290. The maximum absolute atomic E-state index is 10.0. The maximum Gasteiger partial charge on any atom is 0.0881 e. The van der Waals surface area contributed by atoms with Crippen molar-refractivity contribution in [2.24, 2.45) is 0 Å². The van der Waals surface area contributed by atoms with E-state index in [9.17, 15) is 5.11 Å².